The lowest BCUT2D eigenvalue weighted by molar-refractivity contribution is -0.133. The second kappa shape index (κ2) is 9.20. The first-order chi connectivity index (χ1) is 11.5. The lowest BCUT2D eigenvalue weighted by atomic mass is 9.80. The molecule has 1 aliphatic rings. The van der Waals surface area contributed by atoms with Crippen molar-refractivity contribution in [3.63, 3.8) is 0 Å². The number of halogens is 1. The second-order valence-electron chi connectivity index (χ2n) is 6.30. The molecule has 1 saturated heterocycles. The lowest BCUT2D eigenvalue weighted by Crippen LogP contribution is -2.35. The fraction of sp³-hybridized carbons (Fsp3) is 0.647. The van der Waals surface area contributed by atoms with Crippen LogP contribution in [0.25, 0.3) is 0 Å². The molecule has 0 aromatic carbocycles. The van der Waals surface area contributed by atoms with Gasteiger partial charge in [-0.2, -0.15) is 0 Å². The molecular formula is C17H26ClN3O3. The highest BCUT2D eigenvalue weighted by Gasteiger charge is 2.37. The molecule has 0 bridgehead atoms. The van der Waals surface area contributed by atoms with Crippen LogP contribution < -0.4 is 10.6 Å². The zero-order chi connectivity index (χ0) is 17.4. The minimum Gasteiger partial charge on any atom is -0.350 e. The Balaban J connectivity index is 1.74. The van der Waals surface area contributed by atoms with Gasteiger partial charge in [0.15, 0.2) is 11.4 Å². The van der Waals surface area contributed by atoms with E-state index in [2.05, 4.69) is 29.5 Å². The number of rotatable bonds is 8. The summed E-state index contributed by atoms with van der Waals surface area (Å²) in [6, 6.07) is 3.15. The van der Waals surface area contributed by atoms with Gasteiger partial charge in [0.2, 0.25) is 0 Å². The molecule has 1 aromatic heterocycles. The summed E-state index contributed by atoms with van der Waals surface area (Å²) in [4.78, 5) is 15.8. The Morgan fingerprint density at radius 2 is 2.17 bits per heavy atom. The average Bonchev–Trinajstić information content (AvgIpc) is 3.09. The fourth-order valence-electron chi connectivity index (χ4n) is 3.03. The van der Waals surface area contributed by atoms with E-state index in [4.69, 9.17) is 21.1 Å². The molecular weight excluding hydrogens is 330 g/mol. The number of hydrogen-bond donors (Lipinski definition) is 2. The van der Waals surface area contributed by atoms with Gasteiger partial charge < -0.3 is 20.1 Å². The monoisotopic (exact) mass is 355 g/mol. The summed E-state index contributed by atoms with van der Waals surface area (Å²) in [5.74, 6) is 0. The number of carbonyl (C=O) groups is 1. The van der Waals surface area contributed by atoms with Crippen molar-refractivity contribution in [3.8, 4) is 0 Å². The molecule has 0 saturated carbocycles. The molecule has 7 heteroatoms. The predicted octanol–water partition coefficient (Wildman–Crippen LogP) is 3.82. The summed E-state index contributed by atoms with van der Waals surface area (Å²) >= 11 is 5.92. The molecule has 24 heavy (non-hydrogen) atoms. The van der Waals surface area contributed by atoms with Crippen LogP contribution in [0.2, 0.25) is 5.15 Å². The van der Waals surface area contributed by atoms with Crippen molar-refractivity contribution in [2.45, 2.75) is 45.8 Å². The molecule has 134 valence electrons. The maximum atomic E-state index is 11.9. The highest BCUT2D eigenvalue weighted by molar-refractivity contribution is 6.32. The van der Waals surface area contributed by atoms with Gasteiger partial charge in [0.1, 0.15) is 0 Å². The smallest absolute Gasteiger partial charge is 0.319 e. The zero-order valence-corrected chi connectivity index (χ0v) is 15.1. The Bertz CT molecular complexity index is 538. The van der Waals surface area contributed by atoms with Gasteiger partial charge in [-0.05, 0) is 31.4 Å². The van der Waals surface area contributed by atoms with E-state index >= 15 is 0 Å². The van der Waals surface area contributed by atoms with Gasteiger partial charge in [0.25, 0.3) is 0 Å². The number of amides is 2. The third-order valence-electron chi connectivity index (χ3n) is 4.23. The highest BCUT2D eigenvalue weighted by Crippen LogP contribution is 2.37. The van der Waals surface area contributed by atoms with Crippen molar-refractivity contribution < 1.29 is 14.3 Å². The van der Waals surface area contributed by atoms with Crippen LogP contribution in [0.1, 0.15) is 39.5 Å². The van der Waals surface area contributed by atoms with Gasteiger partial charge in [-0.3, -0.25) is 0 Å². The zero-order valence-electron chi connectivity index (χ0n) is 14.3. The summed E-state index contributed by atoms with van der Waals surface area (Å²) in [6.45, 7) is 6.27. The lowest BCUT2D eigenvalue weighted by Gasteiger charge is -2.34. The normalized spacial score (nSPS) is 17.5. The van der Waals surface area contributed by atoms with E-state index in [1.807, 2.05) is 0 Å². The number of ether oxygens (including phenoxy) is 2. The molecule has 1 atom stereocenters. The number of hydrogen-bond acceptors (Lipinski definition) is 4. The molecule has 2 amide bonds. The second-order valence-corrected chi connectivity index (χ2v) is 6.66. The van der Waals surface area contributed by atoms with Gasteiger partial charge in [-0.15, -0.1) is 0 Å². The number of aromatic nitrogens is 1. The third-order valence-corrected chi connectivity index (χ3v) is 4.53. The molecule has 0 radical (unpaired) electrons. The standard InChI is InChI=1S/C17H26ClN3O3/c1-3-7-17(2,15-23-11-12-24-15)8-5-10-20-16(22)21-13-6-4-9-19-14(13)18/h4,6,9,15H,3,5,7-8,10-12H2,1-2H3,(H2,20,21,22)/t17-/m1/s1. The summed E-state index contributed by atoms with van der Waals surface area (Å²) in [6.07, 6.45) is 5.34. The first-order valence-corrected chi connectivity index (χ1v) is 8.81. The first-order valence-electron chi connectivity index (χ1n) is 8.44. The highest BCUT2D eigenvalue weighted by atomic mass is 35.5. The number of pyridine rings is 1. The van der Waals surface area contributed by atoms with Crippen molar-refractivity contribution in [2.75, 3.05) is 25.1 Å². The summed E-state index contributed by atoms with van der Waals surface area (Å²) in [5, 5.41) is 5.82. The van der Waals surface area contributed by atoms with E-state index in [0.29, 0.717) is 25.4 Å². The van der Waals surface area contributed by atoms with Crippen LogP contribution in [-0.2, 0) is 9.47 Å². The van der Waals surface area contributed by atoms with Gasteiger partial charge in [-0.25, -0.2) is 9.78 Å². The Morgan fingerprint density at radius 3 is 2.83 bits per heavy atom. The quantitative estimate of drug-likeness (QED) is 0.549. The maximum Gasteiger partial charge on any atom is 0.319 e. The average molecular weight is 356 g/mol. The minimum absolute atomic E-state index is 0.0178. The van der Waals surface area contributed by atoms with E-state index in [9.17, 15) is 4.79 Å². The molecule has 1 aromatic rings. The molecule has 6 nitrogen and oxygen atoms in total. The number of nitrogens with one attached hydrogen (secondary N) is 2. The van der Waals surface area contributed by atoms with Gasteiger partial charge >= 0.3 is 6.03 Å². The van der Waals surface area contributed by atoms with Gasteiger partial charge in [0, 0.05) is 18.2 Å². The molecule has 0 aliphatic carbocycles. The number of carbonyl (C=O) groups excluding carboxylic acids is 1. The van der Waals surface area contributed by atoms with Crippen LogP contribution in [0.5, 0.6) is 0 Å². The molecule has 2 heterocycles. The Kier molecular flexibility index (Phi) is 7.27. The van der Waals surface area contributed by atoms with E-state index in [1.165, 1.54) is 0 Å². The van der Waals surface area contributed by atoms with Crippen molar-refractivity contribution in [2.24, 2.45) is 5.41 Å². The van der Waals surface area contributed by atoms with E-state index < -0.39 is 0 Å². The van der Waals surface area contributed by atoms with Crippen molar-refractivity contribution in [3.05, 3.63) is 23.5 Å². The van der Waals surface area contributed by atoms with Crippen LogP contribution in [0.15, 0.2) is 18.3 Å². The molecule has 1 aliphatic heterocycles. The van der Waals surface area contributed by atoms with E-state index in [0.717, 1.165) is 25.7 Å². The summed E-state index contributed by atoms with van der Waals surface area (Å²) in [7, 11) is 0. The molecule has 0 spiro atoms. The van der Waals surface area contributed by atoms with Crippen LogP contribution >= 0.6 is 11.6 Å². The predicted molar refractivity (Wildman–Crippen MR) is 94.2 cm³/mol. The summed E-state index contributed by atoms with van der Waals surface area (Å²) in [5.41, 5.74) is 0.482. The Morgan fingerprint density at radius 1 is 1.42 bits per heavy atom. The van der Waals surface area contributed by atoms with Crippen LogP contribution in [0, 0.1) is 5.41 Å². The first kappa shape index (κ1) is 19.0. The topological polar surface area (TPSA) is 72.5 Å². The van der Waals surface area contributed by atoms with Crippen molar-refractivity contribution in [1.82, 2.24) is 10.3 Å². The molecule has 0 unspecified atom stereocenters. The minimum atomic E-state index is -0.282. The molecule has 2 rings (SSSR count). The summed E-state index contributed by atoms with van der Waals surface area (Å²) < 4.78 is 11.4. The van der Waals surface area contributed by atoms with E-state index in [1.54, 1.807) is 18.3 Å². The van der Waals surface area contributed by atoms with E-state index in [-0.39, 0.29) is 22.9 Å². The molecule has 2 N–H and O–H groups in total. The third kappa shape index (κ3) is 5.33. The Labute approximate surface area is 148 Å². The van der Waals surface area contributed by atoms with Crippen molar-refractivity contribution in [1.29, 1.82) is 0 Å². The number of anilines is 1. The van der Waals surface area contributed by atoms with Crippen LogP contribution in [-0.4, -0.2) is 37.1 Å². The van der Waals surface area contributed by atoms with Crippen LogP contribution in [0.4, 0.5) is 10.5 Å². The van der Waals surface area contributed by atoms with Crippen molar-refractivity contribution >= 4 is 23.3 Å². The number of urea groups is 1. The molecule has 1 fully saturated rings. The fourth-order valence-corrected chi connectivity index (χ4v) is 3.20. The number of nitrogens with zero attached hydrogens (tertiary/aromatic N) is 1. The SMILES string of the molecule is CCC[C@](C)(CCCNC(=O)Nc1cccnc1Cl)C1OCCO1. The maximum absolute atomic E-state index is 11.9. The van der Waals surface area contributed by atoms with Crippen LogP contribution in [0.3, 0.4) is 0 Å². The largest absolute Gasteiger partial charge is 0.350 e. The van der Waals surface area contributed by atoms with Gasteiger partial charge in [-0.1, -0.05) is 31.9 Å². The van der Waals surface area contributed by atoms with Gasteiger partial charge in [0.05, 0.1) is 18.9 Å². The Hall–Kier alpha value is -1.37.